The lowest BCUT2D eigenvalue weighted by molar-refractivity contribution is 0.122. The van der Waals surface area contributed by atoms with Crippen LogP contribution in [0.2, 0.25) is 0 Å². The number of benzene rings is 1. The fourth-order valence-corrected chi connectivity index (χ4v) is 4.65. The van der Waals surface area contributed by atoms with E-state index in [-0.39, 0.29) is 5.95 Å². The zero-order valence-electron chi connectivity index (χ0n) is 22.3. The van der Waals surface area contributed by atoms with Crippen LogP contribution in [0, 0.1) is 0 Å². The minimum atomic E-state index is 0.210. The number of hydroxylamine groups is 1. The quantitative estimate of drug-likeness (QED) is 0.260. The van der Waals surface area contributed by atoms with E-state index in [0.29, 0.717) is 37.7 Å². The van der Waals surface area contributed by atoms with E-state index in [9.17, 15) is 0 Å². The van der Waals surface area contributed by atoms with Crippen molar-refractivity contribution in [2.75, 3.05) is 50.5 Å². The number of nitrogens with one attached hydrogen (secondary N) is 1. The maximum Gasteiger partial charge on any atom is 0.219 e. The van der Waals surface area contributed by atoms with E-state index in [2.05, 4.69) is 68.1 Å². The first-order valence-electron chi connectivity index (χ1n) is 13.0. The first-order chi connectivity index (χ1) is 19.1. The van der Waals surface area contributed by atoms with Crippen LogP contribution < -0.4 is 16.1 Å². The van der Waals surface area contributed by atoms with Gasteiger partial charge in [0.25, 0.3) is 0 Å². The molecular weight excluding hydrogens is 496 g/mol. The highest BCUT2D eigenvalue weighted by atomic mass is 16.5. The van der Waals surface area contributed by atoms with Crippen molar-refractivity contribution in [3.63, 3.8) is 0 Å². The molecule has 1 aliphatic heterocycles. The van der Waals surface area contributed by atoms with Crippen LogP contribution in [0.5, 0.6) is 0 Å². The zero-order valence-corrected chi connectivity index (χ0v) is 22.3. The number of rotatable bonds is 10. The second kappa shape index (κ2) is 12.3. The van der Waals surface area contributed by atoms with Crippen LogP contribution in [-0.4, -0.2) is 79.5 Å². The van der Waals surface area contributed by atoms with Crippen LogP contribution in [-0.2, 0) is 24.4 Å². The normalized spacial score (nSPS) is 14.2. The smallest absolute Gasteiger partial charge is 0.219 e. The molecule has 39 heavy (non-hydrogen) atoms. The Balaban J connectivity index is 1.44. The van der Waals surface area contributed by atoms with Crippen LogP contribution in [0.1, 0.15) is 23.9 Å². The Hall–Kier alpha value is -3.97. The molecule has 0 amide bonds. The fraction of sp³-hybridized carbons (Fsp3) is 0.370. The van der Waals surface area contributed by atoms with E-state index in [1.807, 2.05) is 12.2 Å². The SMILES string of the molecule is CCn1c(CN(C)Cc2ccc(C=CCNO)cc2)nc2c(N3CCOCC3)nc(-c3cnc(N)nc3)nc21. The molecule has 4 aromatic rings. The number of imidazole rings is 1. The van der Waals surface area contributed by atoms with E-state index in [1.165, 1.54) is 5.56 Å². The molecule has 0 aliphatic carbocycles. The van der Waals surface area contributed by atoms with Crippen LogP contribution in [0.25, 0.3) is 28.6 Å². The van der Waals surface area contributed by atoms with Gasteiger partial charge in [-0.2, -0.15) is 0 Å². The lowest BCUT2D eigenvalue weighted by Gasteiger charge is -2.28. The van der Waals surface area contributed by atoms with Crippen molar-refractivity contribution in [3.8, 4) is 11.4 Å². The molecule has 0 unspecified atom stereocenters. The Morgan fingerprint density at radius 1 is 1.08 bits per heavy atom. The number of anilines is 2. The Morgan fingerprint density at radius 2 is 1.82 bits per heavy atom. The van der Waals surface area contributed by atoms with Crippen molar-refractivity contribution in [2.24, 2.45) is 0 Å². The summed E-state index contributed by atoms with van der Waals surface area (Å²) in [6.45, 7) is 7.41. The lowest BCUT2D eigenvalue weighted by atomic mass is 10.1. The third-order valence-corrected chi connectivity index (χ3v) is 6.58. The van der Waals surface area contributed by atoms with Gasteiger partial charge in [-0.1, -0.05) is 36.4 Å². The molecule has 204 valence electrons. The average Bonchev–Trinajstić information content (AvgIpc) is 3.31. The predicted octanol–water partition coefficient (Wildman–Crippen LogP) is 2.35. The summed E-state index contributed by atoms with van der Waals surface area (Å²) in [5, 5.41) is 8.71. The van der Waals surface area contributed by atoms with Crippen molar-refractivity contribution < 1.29 is 9.94 Å². The molecule has 1 saturated heterocycles. The molecule has 5 rings (SSSR count). The van der Waals surface area contributed by atoms with Crippen LogP contribution in [0.15, 0.2) is 42.7 Å². The van der Waals surface area contributed by atoms with Gasteiger partial charge in [-0.15, -0.1) is 0 Å². The number of fused-ring (bicyclic) bond motifs is 1. The number of hydrogen-bond acceptors (Lipinski definition) is 11. The summed E-state index contributed by atoms with van der Waals surface area (Å²) in [7, 11) is 2.09. The minimum absolute atomic E-state index is 0.210. The number of hydrogen-bond donors (Lipinski definition) is 3. The van der Waals surface area contributed by atoms with Crippen molar-refractivity contribution in [1.82, 2.24) is 39.9 Å². The molecule has 1 aromatic carbocycles. The van der Waals surface area contributed by atoms with Crippen LogP contribution in [0.3, 0.4) is 0 Å². The summed E-state index contributed by atoms with van der Waals surface area (Å²) in [5.41, 5.74) is 12.4. The Kier molecular flexibility index (Phi) is 8.37. The van der Waals surface area contributed by atoms with Crippen molar-refractivity contribution in [3.05, 3.63) is 59.7 Å². The molecule has 1 fully saturated rings. The van der Waals surface area contributed by atoms with E-state index in [1.54, 1.807) is 12.4 Å². The highest BCUT2D eigenvalue weighted by molar-refractivity contribution is 5.86. The Bertz CT molecular complexity index is 1410. The van der Waals surface area contributed by atoms with Crippen molar-refractivity contribution in [2.45, 2.75) is 26.6 Å². The zero-order chi connectivity index (χ0) is 27.2. The average molecular weight is 531 g/mol. The number of morpholine rings is 1. The maximum atomic E-state index is 8.71. The molecule has 12 nitrogen and oxygen atoms in total. The molecule has 0 bridgehead atoms. The standard InChI is InChI=1S/C27H34N10O2/c1-3-37-22(18-35(2)17-20-8-6-19(7-9-20)5-4-10-31-38)32-23-25(36-11-13-39-14-12-36)33-24(34-26(23)37)21-15-29-27(28)30-16-21/h4-9,15-16,31,38H,3,10-14,17-18H2,1-2H3,(H2,28,29,30). The number of ether oxygens (including phenoxy) is 1. The summed E-state index contributed by atoms with van der Waals surface area (Å²) in [4.78, 5) is 27.6. The molecule has 0 radical (unpaired) electrons. The first kappa shape index (κ1) is 26.6. The second-order valence-corrected chi connectivity index (χ2v) is 9.42. The molecule has 0 spiro atoms. The third-order valence-electron chi connectivity index (χ3n) is 6.58. The van der Waals surface area contributed by atoms with E-state index in [4.69, 9.17) is 30.6 Å². The summed E-state index contributed by atoms with van der Waals surface area (Å²) >= 11 is 0. The van der Waals surface area contributed by atoms with Gasteiger partial charge in [0.05, 0.1) is 25.3 Å². The Morgan fingerprint density at radius 3 is 2.51 bits per heavy atom. The molecule has 3 aromatic heterocycles. The third kappa shape index (κ3) is 6.20. The summed E-state index contributed by atoms with van der Waals surface area (Å²) in [5.74, 6) is 2.48. The largest absolute Gasteiger partial charge is 0.378 e. The molecule has 1 aliphatic rings. The predicted molar refractivity (Wildman–Crippen MR) is 150 cm³/mol. The minimum Gasteiger partial charge on any atom is -0.378 e. The van der Waals surface area contributed by atoms with Gasteiger partial charge in [-0.05, 0) is 25.1 Å². The second-order valence-electron chi connectivity index (χ2n) is 9.42. The van der Waals surface area contributed by atoms with E-state index >= 15 is 0 Å². The Labute approximate surface area is 227 Å². The van der Waals surface area contributed by atoms with E-state index in [0.717, 1.165) is 54.5 Å². The molecule has 0 saturated carbocycles. The molecule has 4 N–H and O–H groups in total. The van der Waals surface area contributed by atoms with Gasteiger partial charge in [0.15, 0.2) is 22.8 Å². The van der Waals surface area contributed by atoms with E-state index < -0.39 is 0 Å². The lowest BCUT2D eigenvalue weighted by Crippen LogP contribution is -2.37. The van der Waals surface area contributed by atoms with Gasteiger partial charge in [-0.3, -0.25) is 4.90 Å². The molecule has 4 heterocycles. The van der Waals surface area contributed by atoms with Gasteiger partial charge in [0, 0.05) is 45.1 Å². The summed E-state index contributed by atoms with van der Waals surface area (Å²) in [6, 6.07) is 8.39. The first-order valence-corrected chi connectivity index (χ1v) is 13.0. The van der Waals surface area contributed by atoms with Gasteiger partial charge < -0.3 is 25.1 Å². The number of nitrogens with zero attached hydrogens (tertiary/aromatic N) is 8. The van der Waals surface area contributed by atoms with Crippen LogP contribution in [0.4, 0.5) is 11.8 Å². The fourth-order valence-electron chi connectivity index (χ4n) is 4.65. The van der Waals surface area contributed by atoms with Crippen molar-refractivity contribution >= 4 is 29.0 Å². The topological polar surface area (TPSA) is 143 Å². The number of nitrogen functional groups attached to an aromatic ring is 1. The number of nitrogens with two attached hydrogens (primary N) is 1. The monoisotopic (exact) mass is 530 g/mol. The number of aryl methyl sites for hydroxylation is 1. The van der Waals surface area contributed by atoms with Gasteiger partial charge >= 0.3 is 0 Å². The summed E-state index contributed by atoms with van der Waals surface area (Å²) < 4.78 is 7.74. The molecule has 12 heteroatoms. The van der Waals surface area contributed by atoms with Crippen LogP contribution >= 0.6 is 0 Å². The summed E-state index contributed by atoms with van der Waals surface area (Å²) in [6.07, 6.45) is 7.14. The van der Waals surface area contributed by atoms with Gasteiger partial charge in [-0.25, -0.2) is 30.4 Å². The van der Waals surface area contributed by atoms with Gasteiger partial charge in [0.1, 0.15) is 5.82 Å². The molecular formula is C27H34N10O2. The molecule has 0 atom stereocenters. The number of aromatic nitrogens is 6. The highest BCUT2D eigenvalue weighted by Crippen LogP contribution is 2.29. The van der Waals surface area contributed by atoms with Crippen molar-refractivity contribution in [1.29, 1.82) is 0 Å². The van der Waals surface area contributed by atoms with Gasteiger partial charge in [0.2, 0.25) is 5.95 Å². The highest BCUT2D eigenvalue weighted by Gasteiger charge is 2.23. The maximum absolute atomic E-state index is 8.71.